The zero-order valence-corrected chi connectivity index (χ0v) is 31.9. The van der Waals surface area contributed by atoms with Gasteiger partial charge in [-0.25, -0.2) is 23.8 Å². The summed E-state index contributed by atoms with van der Waals surface area (Å²) in [7, 11) is 0. The fourth-order valence-electron chi connectivity index (χ4n) is 7.38. The molecular formula is C40H48FN9O4. The van der Waals surface area contributed by atoms with Gasteiger partial charge in [0.15, 0.2) is 5.65 Å². The Bertz CT molecular complexity index is 2090. The van der Waals surface area contributed by atoms with Gasteiger partial charge in [-0.15, -0.1) is 0 Å². The van der Waals surface area contributed by atoms with Crippen LogP contribution in [0.4, 0.5) is 15.0 Å². The number of piperidine rings is 1. The summed E-state index contributed by atoms with van der Waals surface area (Å²) in [5.41, 5.74) is 6.01. The van der Waals surface area contributed by atoms with E-state index in [2.05, 4.69) is 20.9 Å². The zero-order chi connectivity index (χ0) is 38.9. The minimum absolute atomic E-state index is 0.0352. The van der Waals surface area contributed by atoms with Crippen LogP contribution in [0.25, 0.3) is 22.3 Å². The summed E-state index contributed by atoms with van der Waals surface area (Å²) in [4.78, 5) is 41.3. The minimum Gasteiger partial charge on any atom is -0.457 e. The number of nitriles is 1. The Kier molecular flexibility index (Phi) is 10.6. The maximum absolute atomic E-state index is 15.7. The monoisotopic (exact) mass is 737 g/mol. The average molecular weight is 738 g/mol. The van der Waals surface area contributed by atoms with Crippen LogP contribution in [0.1, 0.15) is 67.3 Å². The Labute approximate surface area is 315 Å². The van der Waals surface area contributed by atoms with E-state index in [1.807, 2.05) is 66.7 Å². The van der Waals surface area contributed by atoms with E-state index in [0.717, 1.165) is 0 Å². The number of hydrogen-bond acceptors (Lipinski definition) is 10. The van der Waals surface area contributed by atoms with E-state index < -0.39 is 17.0 Å². The van der Waals surface area contributed by atoms with E-state index in [1.165, 1.54) is 12.4 Å². The number of benzene rings is 2. The highest BCUT2D eigenvalue weighted by atomic mass is 19.1. The number of hydrogen-bond donors (Lipinski definition) is 1. The first kappa shape index (κ1) is 38.2. The highest BCUT2D eigenvalue weighted by Gasteiger charge is 2.40. The number of para-hydroxylation sites is 1. The number of piperazine rings is 1. The molecule has 2 saturated heterocycles. The highest BCUT2D eigenvalue weighted by Crippen LogP contribution is 2.37. The molecule has 54 heavy (non-hydrogen) atoms. The number of nitrogens with two attached hydrogens (primary N) is 1. The first-order valence-corrected chi connectivity index (χ1v) is 18.3. The lowest BCUT2D eigenvalue weighted by Crippen LogP contribution is -2.63. The van der Waals surface area contributed by atoms with E-state index in [1.54, 1.807) is 44.8 Å². The third-order valence-electron chi connectivity index (χ3n) is 9.91. The molecule has 2 aromatic carbocycles. The molecule has 0 spiro atoms. The van der Waals surface area contributed by atoms with Crippen LogP contribution >= 0.6 is 0 Å². The normalized spacial score (nSPS) is 20.1. The number of nitrogen functional groups attached to an aromatic ring is 1. The van der Waals surface area contributed by atoms with Gasteiger partial charge in [-0.3, -0.25) is 9.69 Å². The van der Waals surface area contributed by atoms with Gasteiger partial charge in [0.1, 0.15) is 52.4 Å². The summed E-state index contributed by atoms with van der Waals surface area (Å²) in [6.45, 7) is 15.2. The summed E-state index contributed by atoms with van der Waals surface area (Å²) >= 11 is 0. The van der Waals surface area contributed by atoms with Crippen molar-refractivity contribution in [3.8, 4) is 28.8 Å². The molecule has 13 nitrogen and oxygen atoms in total. The van der Waals surface area contributed by atoms with Gasteiger partial charge < -0.3 is 25.0 Å². The third kappa shape index (κ3) is 8.01. The number of carbonyl (C=O) groups is 2. The molecule has 284 valence electrons. The molecule has 2 aromatic heterocycles. The van der Waals surface area contributed by atoms with Gasteiger partial charge in [0.2, 0.25) is 0 Å². The molecule has 6 rings (SSSR count). The van der Waals surface area contributed by atoms with Crippen LogP contribution in [0.2, 0.25) is 0 Å². The van der Waals surface area contributed by atoms with Gasteiger partial charge in [-0.2, -0.15) is 10.4 Å². The Morgan fingerprint density at radius 2 is 1.70 bits per heavy atom. The molecule has 2 unspecified atom stereocenters. The van der Waals surface area contributed by atoms with Gasteiger partial charge in [0, 0.05) is 55.4 Å². The van der Waals surface area contributed by atoms with Crippen molar-refractivity contribution in [2.45, 2.75) is 90.6 Å². The van der Waals surface area contributed by atoms with Crippen LogP contribution in [-0.2, 0) is 9.53 Å². The average Bonchev–Trinajstić information content (AvgIpc) is 3.50. The van der Waals surface area contributed by atoms with Gasteiger partial charge in [0.25, 0.3) is 5.91 Å². The minimum atomic E-state index is -0.675. The van der Waals surface area contributed by atoms with Gasteiger partial charge in [0.05, 0.1) is 11.4 Å². The van der Waals surface area contributed by atoms with Crippen LogP contribution in [0.15, 0.2) is 66.5 Å². The van der Waals surface area contributed by atoms with E-state index in [0.29, 0.717) is 55.0 Å². The number of fused-ring (bicyclic) bond motifs is 1. The number of anilines is 1. The second kappa shape index (κ2) is 15.1. The van der Waals surface area contributed by atoms with E-state index in [-0.39, 0.29) is 59.3 Å². The van der Waals surface area contributed by atoms with Crippen molar-refractivity contribution >= 4 is 28.9 Å². The van der Waals surface area contributed by atoms with Crippen molar-refractivity contribution in [2.75, 3.05) is 31.9 Å². The molecule has 2 aliphatic rings. The van der Waals surface area contributed by atoms with Crippen molar-refractivity contribution in [1.82, 2.24) is 34.4 Å². The molecular weight excluding hydrogens is 689 g/mol. The number of aromatic nitrogens is 4. The van der Waals surface area contributed by atoms with Crippen LogP contribution < -0.4 is 10.5 Å². The molecule has 2 fully saturated rings. The van der Waals surface area contributed by atoms with Crippen LogP contribution in [0.5, 0.6) is 11.5 Å². The Morgan fingerprint density at radius 1 is 1.00 bits per heavy atom. The number of rotatable bonds is 7. The van der Waals surface area contributed by atoms with Crippen molar-refractivity contribution in [2.24, 2.45) is 0 Å². The fraction of sp³-hybridized carbons (Fsp3) is 0.450. The predicted octanol–water partition coefficient (Wildman–Crippen LogP) is 6.73. The highest BCUT2D eigenvalue weighted by molar-refractivity contribution is 5.99. The smallest absolute Gasteiger partial charge is 0.410 e. The van der Waals surface area contributed by atoms with Crippen molar-refractivity contribution in [1.29, 1.82) is 5.26 Å². The lowest BCUT2D eigenvalue weighted by molar-refractivity contribution is -0.128. The van der Waals surface area contributed by atoms with Crippen LogP contribution in [0.3, 0.4) is 0 Å². The lowest BCUT2D eigenvalue weighted by atomic mass is 9.94. The summed E-state index contributed by atoms with van der Waals surface area (Å²) in [5.74, 6) is 0.124. The number of carbonyl (C=O) groups excluding carboxylic acids is 2. The number of likely N-dealkylation sites (tertiary alicyclic amines) is 1. The van der Waals surface area contributed by atoms with E-state index in [9.17, 15) is 14.9 Å². The number of halogens is 1. The SMILES string of the molecule is CC1CN(C(C)(C)C=C(C#N)C(=O)N2CCC[C@@H](n3nc(-c4ccc(Oc5ccccc5)cc4F)c4c(N)ncnc43)C2)CC(C)N1C(=O)OC(C)(C)C. The molecule has 3 atom stereocenters. The van der Waals surface area contributed by atoms with Crippen LogP contribution in [0, 0.1) is 17.1 Å². The molecule has 14 heteroatoms. The zero-order valence-electron chi connectivity index (χ0n) is 31.9. The Morgan fingerprint density at radius 3 is 2.35 bits per heavy atom. The predicted molar refractivity (Wildman–Crippen MR) is 203 cm³/mol. The summed E-state index contributed by atoms with van der Waals surface area (Å²) in [6, 6.07) is 15.2. The molecule has 2 aliphatic heterocycles. The molecule has 2 amide bonds. The molecule has 0 aliphatic carbocycles. The summed E-state index contributed by atoms with van der Waals surface area (Å²) in [6.07, 6.45) is 4.03. The second-order valence-corrected chi connectivity index (χ2v) is 15.7. The topological polar surface area (TPSA) is 156 Å². The fourth-order valence-corrected chi connectivity index (χ4v) is 7.38. The second-order valence-electron chi connectivity index (χ2n) is 15.7. The molecule has 4 aromatic rings. The van der Waals surface area contributed by atoms with Gasteiger partial charge >= 0.3 is 6.09 Å². The number of ether oxygens (including phenoxy) is 2. The maximum atomic E-state index is 15.7. The van der Waals surface area contributed by atoms with Gasteiger partial charge in [-0.1, -0.05) is 18.2 Å². The third-order valence-corrected chi connectivity index (χ3v) is 9.91. The van der Waals surface area contributed by atoms with E-state index in [4.69, 9.17) is 20.3 Å². The molecule has 0 bridgehead atoms. The maximum Gasteiger partial charge on any atom is 0.410 e. The first-order chi connectivity index (χ1) is 25.6. The molecule has 0 radical (unpaired) electrons. The van der Waals surface area contributed by atoms with Gasteiger partial charge in [-0.05, 0) is 91.6 Å². The van der Waals surface area contributed by atoms with Crippen molar-refractivity contribution in [3.05, 3.63) is 72.3 Å². The standard InChI is InChI=1S/C40H48FN9O4/c1-25-21-48(22-26(2)49(25)38(52)54-39(3,4)5)40(6,7)19-27(20-42)37(51)47-17-11-12-28(23-47)50-36-33(35(43)44-24-45-36)34(46-50)31-16-15-30(18-32(31)41)53-29-13-9-8-10-14-29/h8-10,13-16,18-19,24-26,28H,11-12,17,21-23H2,1-7H3,(H2,43,44,45)/t25?,26?,28-/m1/s1. The van der Waals surface area contributed by atoms with Crippen LogP contribution in [-0.4, -0.2) is 95.9 Å². The first-order valence-electron chi connectivity index (χ1n) is 18.3. The quantitative estimate of drug-likeness (QED) is 0.159. The van der Waals surface area contributed by atoms with Crippen molar-refractivity contribution < 1.29 is 23.5 Å². The molecule has 4 heterocycles. The lowest BCUT2D eigenvalue weighted by Gasteiger charge is -2.49. The van der Waals surface area contributed by atoms with E-state index >= 15 is 4.39 Å². The Balaban J connectivity index is 1.22. The number of amides is 2. The summed E-state index contributed by atoms with van der Waals surface area (Å²) < 4.78 is 28.9. The molecule has 2 N–H and O–H groups in total. The Hall–Kier alpha value is -5.55. The largest absolute Gasteiger partial charge is 0.457 e. The van der Waals surface area contributed by atoms with Crippen molar-refractivity contribution in [3.63, 3.8) is 0 Å². The summed E-state index contributed by atoms with van der Waals surface area (Å²) in [5, 5.41) is 15.5. The number of nitrogens with zero attached hydrogens (tertiary/aromatic N) is 8. The molecule has 0 saturated carbocycles.